The molecule has 0 aromatic carbocycles. The average molecular weight is 780 g/mol. The van der Waals surface area contributed by atoms with Crippen molar-refractivity contribution >= 4 is 5.91 Å². The van der Waals surface area contributed by atoms with Crippen LogP contribution in [0, 0.1) is 0 Å². The Bertz CT molecular complexity index is 930. The van der Waals surface area contributed by atoms with E-state index in [1.54, 1.807) is 0 Å². The predicted molar refractivity (Wildman–Crippen MR) is 203 cm³/mol. The summed E-state index contributed by atoms with van der Waals surface area (Å²) in [5.74, 6) is -0.212. The summed E-state index contributed by atoms with van der Waals surface area (Å²) in [5.41, 5.74) is 0. The van der Waals surface area contributed by atoms with Gasteiger partial charge < -0.3 is 65.1 Å². The molecule has 2 rings (SSSR count). The van der Waals surface area contributed by atoms with Crippen LogP contribution in [0.2, 0.25) is 0 Å². The largest absolute Gasteiger partial charge is 0.394 e. The maximum Gasteiger partial charge on any atom is 0.220 e. The molecule has 4 unspecified atom stereocenters. The highest BCUT2D eigenvalue weighted by Gasteiger charge is 2.50. The number of hydrogen-bond acceptors (Lipinski definition) is 13. The minimum Gasteiger partial charge on any atom is -0.394 e. The number of carbonyl (C=O) groups excluding carboxylic acids is 1. The first-order valence-corrected chi connectivity index (χ1v) is 21.3. The first-order valence-electron chi connectivity index (χ1n) is 21.3. The van der Waals surface area contributed by atoms with E-state index in [9.17, 15) is 45.6 Å². The topological polar surface area (TPSA) is 228 Å². The summed E-state index contributed by atoms with van der Waals surface area (Å²) in [5, 5.41) is 86.3. The van der Waals surface area contributed by atoms with E-state index in [0.29, 0.717) is 12.8 Å². The van der Waals surface area contributed by atoms with Gasteiger partial charge in [0.1, 0.15) is 48.8 Å². The fraction of sp³-hybridized carbons (Fsp3) is 0.975. The molecule has 1 amide bonds. The SMILES string of the molecule is CCCCCCCCCCCCC[C@@H](O)[C@H](CO[C@@H]1O[C@H](CO)[C@@H](O[C@@H]2O[C@H](CO)[C@H](O)C(O)C2O)C(O)C1O)NC(=O)CCCCCCCCCCC. The second-order valence-electron chi connectivity index (χ2n) is 15.5. The number of aliphatic hydroxyl groups is 8. The van der Waals surface area contributed by atoms with Crippen LogP contribution in [0.1, 0.15) is 155 Å². The smallest absolute Gasteiger partial charge is 0.220 e. The number of hydrogen-bond donors (Lipinski definition) is 9. The lowest BCUT2D eigenvalue weighted by Gasteiger charge is -2.46. The molecule has 9 N–H and O–H groups in total. The third-order valence-electron chi connectivity index (χ3n) is 10.8. The van der Waals surface area contributed by atoms with E-state index in [1.165, 1.54) is 77.0 Å². The summed E-state index contributed by atoms with van der Waals surface area (Å²) in [6.45, 7) is 2.78. The Morgan fingerprint density at radius 2 is 1.06 bits per heavy atom. The molecule has 0 spiro atoms. The molecule has 2 aliphatic heterocycles. The fourth-order valence-corrected chi connectivity index (χ4v) is 7.23. The second kappa shape index (κ2) is 29.2. The Hall–Kier alpha value is -1.01. The molecule has 2 fully saturated rings. The normalized spacial score (nSPS) is 30.0. The van der Waals surface area contributed by atoms with Crippen LogP contribution in [0.5, 0.6) is 0 Å². The maximum absolute atomic E-state index is 13.0. The molecule has 2 saturated heterocycles. The van der Waals surface area contributed by atoms with Crippen molar-refractivity contribution in [3.05, 3.63) is 0 Å². The summed E-state index contributed by atoms with van der Waals surface area (Å²) in [6.07, 6.45) is 7.03. The average Bonchev–Trinajstić information content (AvgIpc) is 3.17. The van der Waals surface area contributed by atoms with Crippen LogP contribution in [0.4, 0.5) is 0 Å². The van der Waals surface area contributed by atoms with Crippen molar-refractivity contribution in [2.45, 2.75) is 229 Å². The summed E-state index contributed by atoms with van der Waals surface area (Å²) >= 11 is 0. The van der Waals surface area contributed by atoms with Gasteiger partial charge in [-0.15, -0.1) is 0 Å². The quantitative estimate of drug-likeness (QED) is 0.0462. The Labute approximate surface area is 323 Å². The Kier molecular flexibility index (Phi) is 26.6. The van der Waals surface area contributed by atoms with E-state index >= 15 is 0 Å². The van der Waals surface area contributed by atoms with Crippen LogP contribution in [0.15, 0.2) is 0 Å². The molecule has 320 valence electrons. The molecule has 0 saturated carbocycles. The van der Waals surface area contributed by atoms with Crippen LogP contribution < -0.4 is 5.32 Å². The van der Waals surface area contributed by atoms with Crippen molar-refractivity contribution in [1.82, 2.24) is 5.32 Å². The number of aliphatic hydroxyl groups excluding tert-OH is 8. The van der Waals surface area contributed by atoms with Crippen LogP contribution in [-0.2, 0) is 23.7 Å². The molecule has 2 aliphatic rings. The lowest BCUT2D eigenvalue weighted by Crippen LogP contribution is -2.65. The number of unbranched alkanes of at least 4 members (excludes halogenated alkanes) is 18. The summed E-state index contributed by atoms with van der Waals surface area (Å²) in [7, 11) is 0. The Morgan fingerprint density at radius 1 is 0.593 bits per heavy atom. The highest BCUT2D eigenvalue weighted by molar-refractivity contribution is 5.76. The summed E-state index contributed by atoms with van der Waals surface area (Å²) in [4.78, 5) is 13.0. The molecule has 2 heterocycles. The van der Waals surface area contributed by atoms with Crippen LogP contribution in [0.25, 0.3) is 0 Å². The summed E-state index contributed by atoms with van der Waals surface area (Å²) in [6, 6.07) is -0.817. The van der Waals surface area contributed by atoms with Gasteiger partial charge in [0.2, 0.25) is 5.91 Å². The van der Waals surface area contributed by atoms with Crippen molar-refractivity contribution in [2.75, 3.05) is 19.8 Å². The number of nitrogens with one attached hydrogen (secondary N) is 1. The van der Waals surface area contributed by atoms with Gasteiger partial charge in [-0.1, -0.05) is 136 Å². The van der Waals surface area contributed by atoms with Gasteiger partial charge >= 0.3 is 0 Å². The lowest BCUT2D eigenvalue weighted by molar-refractivity contribution is -0.359. The standard InChI is InChI=1S/C40H77NO13/c1-3-5-7-9-11-13-14-16-17-19-21-23-29(44)28(41-32(45)24-22-20-18-15-12-10-8-6-4-2)27-51-39-37(50)35(48)38(31(26-43)53-39)54-40-36(49)34(47)33(46)30(25-42)52-40/h28-31,33-40,42-44,46-50H,3-27H2,1-2H3,(H,41,45)/t28-,29+,30+,31+,33-,34?,35?,36?,37?,38+,39+,40-/m0/s1. The monoisotopic (exact) mass is 780 g/mol. The van der Waals surface area contributed by atoms with Gasteiger partial charge in [-0.05, 0) is 12.8 Å². The zero-order valence-corrected chi connectivity index (χ0v) is 33.2. The molecular formula is C40H77NO13. The van der Waals surface area contributed by atoms with Crippen molar-refractivity contribution in [3.8, 4) is 0 Å². The van der Waals surface area contributed by atoms with E-state index in [2.05, 4.69) is 19.2 Å². The van der Waals surface area contributed by atoms with Gasteiger partial charge in [-0.25, -0.2) is 0 Å². The van der Waals surface area contributed by atoms with Crippen LogP contribution >= 0.6 is 0 Å². The van der Waals surface area contributed by atoms with Crippen molar-refractivity contribution in [2.24, 2.45) is 0 Å². The van der Waals surface area contributed by atoms with Gasteiger partial charge in [0, 0.05) is 6.42 Å². The number of carbonyl (C=O) groups is 1. The Morgan fingerprint density at radius 3 is 1.57 bits per heavy atom. The molecule has 0 aliphatic carbocycles. The number of rotatable bonds is 31. The van der Waals surface area contributed by atoms with Gasteiger partial charge in [0.05, 0.1) is 32.0 Å². The number of amides is 1. The van der Waals surface area contributed by atoms with E-state index in [0.717, 1.165) is 51.4 Å². The van der Waals surface area contributed by atoms with Gasteiger partial charge in [0.15, 0.2) is 12.6 Å². The van der Waals surface area contributed by atoms with Gasteiger partial charge in [-0.3, -0.25) is 4.79 Å². The van der Waals surface area contributed by atoms with Crippen LogP contribution in [-0.4, -0.2) is 140 Å². The molecule has 0 aromatic rings. The molecule has 54 heavy (non-hydrogen) atoms. The van der Waals surface area contributed by atoms with Crippen molar-refractivity contribution < 1.29 is 64.6 Å². The minimum atomic E-state index is -1.78. The van der Waals surface area contributed by atoms with E-state index < -0.39 is 86.8 Å². The predicted octanol–water partition coefficient (Wildman–Crippen LogP) is 3.09. The first kappa shape index (κ1) is 49.1. The van der Waals surface area contributed by atoms with E-state index in [4.69, 9.17) is 18.9 Å². The molecule has 12 atom stereocenters. The van der Waals surface area contributed by atoms with Crippen LogP contribution in [0.3, 0.4) is 0 Å². The third-order valence-corrected chi connectivity index (χ3v) is 10.8. The maximum atomic E-state index is 13.0. The highest BCUT2D eigenvalue weighted by Crippen LogP contribution is 2.30. The fourth-order valence-electron chi connectivity index (χ4n) is 7.23. The molecule has 14 heteroatoms. The number of ether oxygens (including phenoxy) is 4. The molecule has 0 radical (unpaired) electrons. The lowest BCUT2D eigenvalue weighted by atomic mass is 9.97. The minimum absolute atomic E-state index is 0.212. The van der Waals surface area contributed by atoms with Crippen molar-refractivity contribution in [1.29, 1.82) is 0 Å². The first-order chi connectivity index (χ1) is 26.1. The second-order valence-corrected chi connectivity index (χ2v) is 15.5. The summed E-state index contributed by atoms with van der Waals surface area (Å²) < 4.78 is 22.6. The molecule has 14 nitrogen and oxygen atoms in total. The molecule has 0 bridgehead atoms. The van der Waals surface area contributed by atoms with Gasteiger partial charge in [-0.2, -0.15) is 0 Å². The molecular weight excluding hydrogens is 702 g/mol. The van der Waals surface area contributed by atoms with Crippen molar-refractivity contribution in [3.63, 3.8) is 0 Å². The third kappa shape index (κ3) is 18.1. The highest BCUT2D eigenvalue weighted by atomic mass is 16.7. The zero-order valence-electron chi connectivity index (χ0n) is 33.2. The van der Waals surface area contributed by atoms with E-state index in [1.807, 2.05) is 0 Å². The zero-order chi connectivity index (χ0) is 39.7. The van der Waals surface area contributed by atoms with Gasteiger partial charge in [0.25, 0.3) is 0 Å². The van der Waals surface area contributed by atoms with E-state index in [-0.39, 0.29) is 12.5 Å². The molecule has 0 aromatic heterocycles. The Balaban J connectivity index is 1.92.